The van der Waals surface area contributed by atoms with E-state index in [9.17, 15) is 4.79 Å². The molecule has 0 bridgehead atoms. The number of rotatable bonds is 3. The highest BCUT2D eigenvalue weighted by Gasteiger charge is 1.96. The Hall–Kier alpha value is -1.40. The number of carbonyl (C=O) groups excluding carboxylic acids is 1. The van der Waals surface area contributed by atoms with E-state index in [-0.39, 0.29) is 12.4 Å². The van der Waals surface area contributed by atoms with Gasteiger partial charge in [-0.2, -0.15) is 0 Å². The zero-order valence-corrected chi connectivity index (χ0v) is 10.3. The van der Waals surface area contributed by atoms with E-state index in [1.54, 1.807) is 18.7 Å². The van der Waals surface area contributed by atoms with Gasteiger partial charge in [0.2, 0.25) is 0 Å². The van der Waals surface area contributed by atoms with Gasteiger partial charge >= 0.3 is 5.97 Å². The van der Waals surface area contributed by atoms with Gasteiger partial charge in [0.05, 0.1) is 6.61 Å². The highest BCUT2D eigenvalue weighted by molar-refractivity contribution is 7.98. The molecule has 84 valence electrons. The van der Waals surface area contributed by atoms with Gasteiger partial charge < -0.3 is 4.74 Å². The van der Waals surface area contributed by atoms with Gasteiger partial charge in [0.25, 0.3) is 0 Å². The molecule has 2 nitrogen and oxygen atoms in total. The molecular formula is C13H14O2S. The van der Waals surface area contributed by atoms with Crippen molar-refractivity contribution >= 4 is 17.7 Å². The summed E-state index contributed by atoms with van der Waals surface area (Å²) in [6.45, 7) is 2.19. The van der Waals surface area contributed by atoms with Crippen molar-refractivity contribution in [3.63, 3.8) is 0 Å². The summed E-state index contributed by atoms with van der Waals surface area (Å²) in [5.74, 6) is 5.48. The van der Waals surface area contributed by atoms with E-state index in [4.69, 9.17) is 4.74 Å². The second-order valence-corrected chi connectivity index (χ2v) is 3.90. The minimum Gasteiger partial charge on any atom is -0.465 e. The molecule has 0 aliphatic heterocycles. The summed E-state index contributed by atoms with van der Waals surface area (Å²) < 4.78 is 4.78. The fourth-order valence-corrected chi connectivity index (χ4v) is 1.59. The van der Waals surface area contributed by atoms with Crippen LogP contribution in [0.1, 0.15) is 18.9 Å². The highest BCUT2D eigenvalue weighted by Crippen LogP contribution is 2.14. The topological polar surface area (TPSA) is 26.3 Å². The van der Waals surface area contributed by atoms with Gasteiger partial charge in [-0.05, 0) is 31.4 Å². The van der Waals surface area contributed by atoms with Crippen LogP contribution in [0.5, 0.6) is 0 Å². The van der Waals surface area contributed by atoms with Crippen LogP contribution < -0.4 is 0 Å². The summed E-state index contributed by atoms with van der Waals surface area (Å²) >= 11 is 1.67. The predicted molar refractivity (Wildman–Crippen MR) is 66.4 cm³/mol. The largest absolute Gasteiger partial charge is 0.465 e. The first-order valence-electron chi connectivity index (χ1n) is 5.04. The van der Waals surface area contributed by atoms with Crippen LogP contribution in [0.2, 0.25) is 0 Å². The minimum absolute atomic E-state index is 0.150. The molecule has 0 N–H and O–H groups in total. The first-order chi connectivity index (χ1) is 7.76. The maximum absolute atomic E-state index is 11.0. The van der Waals surface area contributed by atoms with Gasteiger partial charge in [0.15, 0.2) is 0 Å². The smallest absolute Gasteiger partial charge is 0.317 e. The molecule has 0 saturated heterocycles. The number of ether oxygens (including phenoxy) is 1. The third kappa shape index (κ3) is 4.41. The van der Waals surface area contributed by atoms with Crippen molar-refractivity contribution in [2.75, 3.05) is 12.9 Å². The van der Waals surface area contributed by atoms with Crippen LogP contribution in [0.3, 0.4) is 0 Å². The number of esters is 1. The van der Waals surface area contributed by atoms with E-state index in [0.29, 0.717) is 6.61 Å². The van der Waals surface area contributed by atoms with Crippen LogP contribution in [-0.4, -0.2) is 18.8 Å². The third-order valence-corrected chi connectivity index (χ3v) is 2.57. The first kappa shape index (κ1) is 12.7. The summed E-state index contributed by atoms with van der Waals surface area (Å²) in [6.07, 6.45) is 2.17. The van der Waals surface area contributed by atoms with Crippen molar-refractivity contribution in [3.8, 4) is 11.8 Å². The Morgan fingerprint density at radius 2 is 2.31 bits per heavy atom. The molecular weight excluding hydrogens is 220 g/mol. The summed E-state index contributed by atoms with van der Waals surface area (Å²) in [6, 6.07) is 7.92. The monoisotopic (exact) mass is 234 g/mol. The molecule has 0 aliphatic carbocycles. The van der Waals surface area contributed by atoms with Crippen molar-refractivity contribution in [1.29, 1.82) is 0 Å². The fraction of sp³-hybridized carbons (Fsp3) is 0.308. The number of hydrogen-bond donors (Lipinski definition) is 0. The zero-order chi connectivity index (χ0) is 11.8. The van der Waals surface area contributed by atoms with Crippen molar-refractivity contribution in [1.82, 2.24) is 0 Å². The molecule has 0 radical (unpaired) electrons. The summed E-state index contributed by atoms with van der Waals surface area (Å²) in [5.41, 5.74) is 0.927. The molecule has 0 unspecified atom stereocenters. The first-order valence-corrected chi connectivity index (χ1v) is 6.27. The van der Waals surface area contributed by atoms with Crippen LogP contribution in [-0.2, 0) is 9.53 Å². The molecule has 1 aromatic carbocycles. The van der Waals surface area contributed by atoms with Gasteiger partial charge in [-0.25, -0.2) is 0 Å². The molecule has 0 aliphatic rings. The van der Waals surface area contributed by atoms with Crippen molar-refractivity contribution in [2.45, 2.75) is 18.2 Å². The van der Waals surface area contributed by atoms with Crippen LogP contribution in [0.15, 0.2) is 29.2 Å². The molecule has 16 heavy (non-hydrogen) atoms. The SMILES string of the molecule is CCOC(=O)CC#Cc1cccc(SC)c1. The van der Waals surface area contributed by atoms with E-state index in [1.165, 1.54) is 4.90 Å². The summed E-state index contributed by atoms with van der Waals surface area (Å²) in [5, 5.41) is 0. The molecule has 3 heteroatoms. The molecule has 0 saturated carbocycles. The second-order valence-electron chi connectivity index (χ2n) is 3.02. The Kier molecular flexibility index (Phi) is 5.52. The van der Waals surface area contributed by atoms with Crippen molar-refractivity contribution in [3.05, 3.63) is 29.8 Å². The Balaban J connectivity index is 2.59. The number of hydrogen-bond acceptors (Lipinski definition) is 3. The number of benzene rings is 1. The van der Waals surface area contributed by atoms with Gasteiger partial charge in [0.1, 0.15) is 6.42 Å². The fourth-order valence-electron chi connectivity index (χ4n) is 1.13. The summed E-state index contributed by atoms with van der Waals surface area (Å²) in [4.78, 5) is 12.2. The second kappa shape index (κ2) is 6.97. The van der Waals surface area contributed by atoms with Crippen LogP contribution in [0, 0.1) is 11.8 Å². The van der Waals surface area contributed by atoms with Crippen molar-refractivity contribution < 1.29 is 9.53 Å². The quantitative estimate of drug-likeness (QED) is 0.457. The number of thioether (sulfide) groups is 1. The van der Waals surface area contributed by atoms with E-state index in [0.717, 1.165) is 5.56 Å². The number of carbonyl (C=O) groups is 1. The molecule has 0 spiro atoms. The average molecular weight is 234 g/mol. The Labute approximate surface area is 100 Å². The maximum Gasteiger partial charge on any atom is 0.317 e. The van der Waals surface area contributed by atoms with Gasteiger partial charge in [-0.3, -0.25) is 4.79 Å². The van der Waals surface area contributed by atoms with E-state index >= 15 is 0 Å². The van der Waals surface area contributed by atoms with Gasteiger partial charge in [0, 0.05) is 10.5 Å². The predicted octanol–water partition coefficient (Wildman–Crippen LogP) is 2.71. The molecule has 0 fully saturated rings. The lowest BCUT2D eigenvalue weighted by molar-refractivity contribution is -0.141. The standard InChI is InChI=1S/C13H14O2S/c1-3-15-13(14)9-5-7-11-6-4-8-12(10-11)16-2/h4,6,8,10H,3,9H2,1-2H3. The molecule has 1 aromatic rings. The van der Waals surface area contributed by atoms with Crippen LogP contribution in [0.4, 0.5) is 0 Å². The lowest BCUT2D eigenvalue weighted by Gasteiger charge is -1.96. The molecule has 0 aromatic heterocycles. The molecule has 0 heterocycles. The van der Waals surface area contributed by atoms with Crippen LogP contribution in [0.25, 0.3) is 0 Å². The maximum atomic E-state index is 11.0. The molecule has 1 rings (SSSR count). The zero-order valence-electron chi connectivity index (χ0n) is 9.45. The van der Waals surface area contributed by atoms with E-state index in [2.05, 4.69) is 11.8 Å². The lowest BCUT2D eigenvalue weighted by atomic mass is 10.2. The normalized spacial score (nSPS) is 9.12. The van der Waals surface area contributed by atoms with Gasteiger partial charge in [-0.15, -0.1) is 11.8 Å². The third-order valence-electron chi connectivity index (χ3n) is 1.84. The lowest BCUT2D eigenvalue weighted by Crippen LogP contribution is -2.01. The summed E-state index contributed by atoms with van der Waals surface area (Å²) in [7, 11) is 0. The van der Waals surface area contributed by atoms with E-state index in [1.807, 2.05) is 30.5 Å². The highest BCUT2D eigenvalue weighted by atomic mass is 32.2. The van der Waals surface area contributed by atoms with Crippen LogP contribution >= 0.6 is 11.8 Å². The Bertz CT molecular complexity index is 415. The van der Waals surface area contributed by atoms with Gasteiger partial charge in [-0.1, -0.05) is 17.9 Å². The Morgan fingerprint density at radius 3 is 3.00 bits per heavy atom. The molecule has 0 atom stereocenters. The minimum atomic E-state index is -0.268. The molecule has 0 amide bonds. The van der Waals surface area contributed by atoms with E-state index < -0.39 is 0 Å². The Morgan fingerprint density at radius 1 is 1.50 bits per heavy atom. The van der Waals surface area contributed by atoms with Crippen molar-refractivity contribution in [2.24, 2.45) is 0 Å². The average Bonchev–Trinajstić information content (AvgIpc) is 2.30.